The molecule has 10 amide bonds. The zero-order chi connectivity index (χ0) is 49.1. The molecule has 65 heavy (non-hydrogen) atoms. The van der Waals surface area contributed by atoms with Gasteiger partial charge in [-0.15, -0.1) is 0 Å². The zero-order valence-corrected chi connectivity index (χ0v) is 37.3. The second kappa shape index (κ2) is 26.2. The van der Waals surface area contributed by atoms with Crippen molar-refractivity contribution >= 4 is 65.0 Å². The van der Waals surface area contributed by atoms with Crippen molar-refractivity contribution in [1.82, 2.24) is 36.8 Å². The molecule has 8 atom stereocenters. The van der Waals surface area contributed by atoms with Gasteiger partial charge in [0.25, 0.3) is 5.91 Å². The third-order valence-corrected chi connectivity index (χ3v) is 10.0. The molecular weight excluding hydrogens is 851 g/mol. The monoisotopic (exact) mass is 915 g/mol. The molecule has 0 spiro atoms. The third-order valence-electron chi connectivity index (χ3n) is 10.0. The largest absolute Gasteiger partial charge is 0.394 e. The Balaban J connectivity index is 2.40. The number of aliphatic hydroxyl groups is 1. The zero-order valence-electron chi connectivity index (χ0n) is 37.3. The number of carbonyl (C=O) groups excluding carboxylic acids is 10. The number of hydrogen-bond donors (Lipinski definition) is 12. The van der Waals surface area contributed by atoms with Gasteiger partial charge in [0, 0.05) is 13.0 Å². The van der Waals surface area contributed by atoms with E-state index in [2.05, 4.69) is 36.9 Å². The van der Waals surface area contributed by atoms with Crippen LogP contribution in [0.25, 0.3) is 0 Å². The summed E-state index contributed by atoms with van der Waals surface area (Å²) in [5.74, 6) is -9.72. The molecule has 1 heterocycles. The van der Waals surface area contributed by atoms with E-state index in [4.69, 9.17) is 28.7 Å². The molecule has 0 bridgehead atoms. The third kappa shape index (κ3) is 18.1. The number of carbonyl (C=O) groups is 10. The Bertz CT molecular complexity index is 1910. The number of primary amides is 2. The summed E-state index contributed by atoms with van der Waals surface area (Å²) in [6.07, 6.45) is -1.18. The molecule has 0 aliphatic carbocycles. The molecule has 1 aromatic rings. The quantitative estimate of drug-likeness (QED) is 0.0171. The van der Waals surface area contributed by atoms with E-state index in [1.807, 2.05) is 13.8 Å². The molecule has 360 valence electrons. The van der Waals surface area contributed by atoms with Gasteiger partial charge in [0.1, 0.15) is 42.3 Å². The number of aliphatic imine (C=N–C) groups is 1. The number of aliphatic hydroxyl groups excluding tert-OH is 1. The smallest absolute Gasteiger partial charge is 0.253 e. The SMILES string of the molecule is CC(C)C[C@H](NC(=O)[C@H](CCCN=C(N)N)NC(=O)[C@H](CO)NC(=O)[C@@H](N)CC(C)C)C(=O)N[C@@H](Cc1ccccc1)C(=O)N[C@H]1CC(=O)N([C@@H](CC(N)=O)C(=O)NC(C)C(N)=O)C1=O. The number of imide groups is 1. The topological polar surface area (TPSA) is 409 Å². The summed E-state index contributed by atoms with van der Waals surface area (Å²) < 4.78 is 0. The summed E-state index contributed by atoms with van der Waals surface area (Å²) in [6, 6.07) is -2.75. The van der Waals surface area contributed by atoms with E-state index < -0.39 is 127 Å². The van der Waals surface area contributed by atoms with E-state index in [0.717, 1.165) is 0 Å². The average Bonchev–Trinajstić information content (AvgIpc) is 3.49. The average molecular weight is 916 g/mol. The molecule has 0 saturated carbocycles. The highest BCUT2D eigenvalue weighted by Crippen LogP contribution is 2.20. The number of rotatable bonds is 27. The fourth-order valence-corrected chi connectivity index (χ4v) is 6.68. The Kier molecular flexibility index (Phi) is 21.9. The van der Waals surface area contributed by atoms with Gasteiger partial charge in [-0.05, 0) is 50.0 Å². The number of likely N-dealkylation sites (tertiary alicyclic amines) is 1. The van der Waals surface area contributed by atoms with E-state index in [0.29, 0.717) is 16.9 Å². The molecular formula is C41H65N13O11. The Morgan fingerprint density at radius 3 is 1.83 bits per heavy atom. The standard InChI is InChI=1S/C41H65N13O11/c1-20(2)14-24(42)34(59)53-29(19-55)38(63)49-25(12-9-13-47-41(45)46)35(60)50-26(15-21(3)4)36(61)51-27(16-23-10-7-6-8-11-23)37(62)52-28-17-32(57)54(40(28)65)30(18-31(43)56)39(64)48-22(5)33(44)58/h6-8,10-11,20-22,24-30,55H,9,12-19,42H2,1-5H3,(H2,43,56)(H2,44,58)(H,48,64)(H,49,63)(H,50,60)(H,51,61)(H,52,62)(H,53,59)(H4,45,46,47)/t22?,24-,25-,26-,27-,28-,29-,30-/m0/s1. The van der Waals surface area contributed by atoms with Gasteiger partial charge in [0.15, 0.2) is 5.96 Å². The van der Waals surface area contributed by atoms with Gasteiger partial charge < -0.3 is 65.7 Å². The maximum atomic E-state index is 14.1. The summed E-state index contributed by atoms with van der Waals surface area (Å²) in [6.45, 7) is 7.69. The summed E-state index contributed by atoms with van der Waals surface area (Å²) in [5, 5.41) is 24.9. The fourth-order valence-electron chi connectivity index (χ4n) is 6.68. The number of hydrogen-bond acceptors (Lipinski definition) is 13. The number of nitrogens with zero attached hydrogens (tertiary/aromatic N) is 2. The Labute approximate surface area is 376 Å². The summed E-state index contributed by atoms with van der Waals surface area (Å²) in [7, 11) is 0. The molecule has 17 N–H and O–H groups in total. The lowest BCUT2D eigenvalue weighted by Crippen LogP contribution is -2.60. The minimum Gasteiger partial charge on any atom is -0.394 e. The van der Waals surface area contributed by atoms with E-state index >= 15 is 0 Å². The van der Waals surface area contributed by atoms with Crippen LogP contribution < -0.4 is 60.6 Å². The first-order valence-corrected chi connectivity index (χ1v) is 21.2. The molecule has 0 radical (unpaired) electrons. The highest BCUT2D eigenvalue weighted by atomic mass is 16.3. The van der Waals surface area contributed by atoms with Crippen molar-refractivity contribution in [2.45, 2.75) is 128 Å². The lowest BCUT2D eigenvalue weighted by Gasteiger charge is -2.28. The highest BCUT2D eigenvalue weighted by molar-refractivity contribution is 6.11. The predicted molar refractivity (Wildman–Crippen MR) is 235 cm³/mol. The Morgan fingerprint density at radius 1 is 0.723 bits per heavy atom. The normalized spacial score (nSPS) is 16.8. The molecule has 1 unspecified atom stereocenters. The van der Waals surface area contributed by atoms with Crippen molar-refractivity contribution in [2.24, 2.45) is 45.5 Å². The van der Waals surface area contributed by atoms with Gasteiger partial charge in [0.2, 0.25) is 53.2 Å². The first kappa shape index (κ1) is 54.4. The molecule has 2 rings (SSSR count). The van der Waals surface area contributed by atoms with Gasteiger partial charge in [0.05, 0.1) is 25.5 Å². The van der Waals surface area contributed by atoms with Crippen molar-refractivity contribution in [3.8, 4) is 0 Å². The van der Waals surface area contributed by atoms with Crippen molar-refractivity contribution in [2.75, 3.05) is 13.2 Å². The lowest BCUT2D eigenvalue weighted by atomic mass is 10.00. The van der Waals surface area contributed by atoms with Crippen LogP contribution in [0.5, 0.6) is 0 Å². The molecule has 1 aromatic carbocycles. The molecule has 1 aliphatic heterocycles. The summed E-state index contributed by atoms with van der Waals surface area (Å²) >= 11 is 0. The molecule has 1 fully saturated rings. The fraction of sp³-hybridized carbons (Fsp3) is 0.585. The molecule has 24 heteroatoms. The van der Waals surface area contributed by atoms with Crippen LogP contribution in [0.4, 0.5) is 0 Å². The van der Waals surface area contributed by atoms with Gasteiger partial charge in [-0.2, -0.15) is 0 Å². The van der Waals surface area contributed by atoms with Gasteiger partial charge >= 0.3 is 0 Å². The van der Waals surface area contributed by atoms with Crippen molar-refractivity contribution in [3.05, 3.63) is 35.9 Å². The van der Waals surface area contributed by atoms with Crippen LogP contribution in [0.1, 0.15) is 78.7 Å². The molecule has 1 saturated heterocycles. The van der Waals surface area contributed by atoms with Gasteiger partial charge in [-0.25, -0.2) is 0 Å². The summed E-state index contributed by atoms with van der Waals surface area (Å²) in [4.78, 5) is 136. The first-order chi connectivity index (χ1) is 30.4. The Morgan fingerprint density at radius 2 is 1.28 bits per heavy atom. The number of benzene rings is 1. The van der Waals surface area contributed by atoms with Gasteiger partial charge in [-0.1, -0.05) is 58.0 Å². The number of guanidine groups is 1. The van der Waals surface area contributed by atoms with Crippen LogP contribution in [0, 0.1) is 11.8 Å². The maximum absolute atomic E-state index is 14.1. The van der Waals surface area contributed by atoms with Crippen molar-refractivity contribution < 1.29 is 53.1 Å². The van der Waals surface area contributed by atoms with Crippen LogP contribution in [-0.2, 0) is 54.4 Å². The second-order valence-corrected chi connectivity index (χ2v) is 16.6. The molecule has 0 aromatic heterocycles. The summed E-state index contributed by atoms with van der Waals surface area (Å²) in [5.41, 5.74) is 27.9. The number of nitrogens with one attached hydrogen (secondary N) is 6. The van der Waals surface area contributed by atoms with Crippen LogP contribution in [-0.4, -0.2) is 137 Å². The van der Waals surface area contributed by atoms with Crippen LogP contribution in [0.2, 0.25) is 0 Å². The van der Waals surface area contributed by atoms with Crippen LogP contribution in [0.15, 0.2) is 35.3 Å². The van der Waals surface area contributed by atoms with E-state index in [1.165, 1.54) is 6.92 Å². The maximum Gasteiger partial charge on any atom is 0.253 e. The van der Waals surface area contributed by atoms with Crippen LogP contribution in [0.3, 0.4) is 0 Å². The van der Waals surface area contributed by atoms with E-state index in [-0.39, 0.29) is 50.0 Å². The van der Waals surface area contributed by atoms with Crippen LogP contribution >= 0.6 is 0 Å². The highest BCUT2D eigenvalue weighted by Gasteiger charge is 2.47. The number of nitrogens with two attached hydrogens (primary N) is 5. The first-order valence-electron chi connectivity index (χ1n) is 21.2. The molecule has 1 aliphatic rings. The predicted octanol–water partition coefficient (Wildman–Crippen LogP) is -4.89. The number of amides is 10. The van der Waals surface area contributed by atoms with Crippen molar-refractivity contribution in [3.63, 3.8) is 0 Å². The van der Waals surface area contributed by atoms with Gasteiger partial charge in [-0.3, -0.25) is 57.8 Å². The molecule has 24 nitrogen and oxygen atoms in total. The Hall–Kier alpha value is -6.69. The minimum absolute atomic E-state index is 0.0250. The second-order valence-electron chi connectivity index (χ2n) is 16.6. The van der Waals surface area contributed by atoms with E-state index in [1.54, 1.807) is 44.2 Å². The minimum atomic E-state index is -1.78. The van der Waals surface area contributed by atoms with Crippen molar-refractivity contribution in [1.29, 1.82) is 0 Å². The van der Waals surface area contributed by atoms with E-state index in [9.17, 15) is 53.1 Å². The lowest BCUT2D eigenvalue weighted by molar-refractivity contribution is -0.148.